The lowest BCUT2D eigenvalue weighted by Crippen LogP contribution is -2.16. The van der Waals surface area contributed by atoms with Crippen molar-refractivity contribution in [2.24, 2.45) is 0 Å². The molecular weight excluding hydrogens is 392 g/mol. The summed E-state index contributed by atoms with van der Waals surface area (Å²) in [7, 11) is 0. The zero-order valence-corrected chi connectivity index (χ0v) is 22.4. The molecular formula is C30H52O2. The largest absolute Gasteiger partial charge is 0.458 e. The van der Waals surface area contributed by atoms with Crippen LogP contribution in [0.15, 0.2) is 46.6 Å². The number of hydrogen-bond donors (Lipinski definition) is 0. The van der Waals surface area contributed by atoms with Crippen molar-refractivity contribution in [3.63, 3.8) is 0 Å². The second kappa shape index (κ2) is 20.1. The second-order valence-electron chi connectivity index (χ2n) is 9.84. The van der Waals surface area contributed by atoms with Crippen LogP contribution in [0, 0.1) is 0 Å². The third-order valence-corrected chi connectivity index (χ3v) is 5.62. The normalized spacial score (nSPS) is 13.0. The van der Waals surface area contributed by atoms with Gasteiger partial charge in [0.15, 0.2) is 0 Å². The average Bonchev–Trinajstić information content (AvgIpc) is 2.70. The predicted molar refractivity (Wildman–Crippen MR) is 142 cm³/mol. The van der Waals surface area contributed by atoms with Crippen molar-refractivity contribution >= 4 is 5.97 Å². The van der Waals surface area contributed by atoms with Gasteiger partial charge in [0.25, 0.3) is 0 Å². The number of hydrogen-bond acceptors (Lipinski definition) is 2. The number of carbonyl (C=O) groups is 1. The molecule has 0 spiro atoms. The highest BCUT2D eigenvalue weighted by Crippen LogP contribution is 2.16. The van der Waals surface area contributed by atoms with Crippen molar-refractivity contribution in [3.8, 4) is 0 Å². The number of unbranched alkanes of at least 4 members (excludes halogenated alkanes) is 6. The summed E-state index contributed by atoms with van der Waals surface area (Å²) in [5, 5.41) is 0. The molecule has 0 aliphatic heterocycles. The maximum atomic E-state index is 12.5. The zero-order chi connectivity index (χ0) is 24.2. The van der Waals surface area contributed by atoms with Gasteiger partial charge in [-0.2, -0.15) is 0 Å². The van der Waals surface area contributed by atoms with Gasteiger partial charge in [-0.3, -0.25) is 4.79 Å². The van der Waals surface area contributed by atoms with E-state index in [1.54, 1.807) is 0 Å². The summed E-state index contributed by atoms with van der Waals surface area (Å²) in [6.07, 6.45) is 22.8. The van der Waals surface area contributed by atoms with Crippen LogP contribution in [0.4, 0.5) is 0 Å². The fourth-order valence-electron chi connectivity index (χ4n) is 3.60. The molecule has 0 aliphatic rings. The molecule has 32 heavy (non-hydrogen) atoms. The van der Waals surface area contributed by atoms with E-state index in [1.165, 1.54) is 54.4 Å². The van der Waals surface area contributed by atoms with Crippen LogP contribution in [0.3, 0.4) is 0 Å². The van der Waals surface area contributed by atoms with Crippen molar-refractivity contribution in [3.05, 3.63) is 46.6 Å². The van der Waals surface area contributed by atoms with E-state index in [4.69, 9.17) is 4.74 Å². The highest BCUT2D eigenvalue weighted by atomic mass is 16.5. The topological polar surface area (TPSA) is 26.3 Å². The molecule has 0 saturated carbocycles. The van der Waals surface area contributed by atoms with Crippen LogP contribution >= 0.6 is 0 Å². The molecule has 184 valence electrons. The molecule has 0 amide bonds. The highest BCUT2D eigenvalue weighted by Gasteiger charge is 2.12. The number of carbonyl (C=O) groups excluding carboxylic acids is 1. The van der Waals surface area contributed by atoms with Gasteiger partial charge in [-0.25, -0.2) is 0 Å². The van der Waals surface area contributed by atoms with Crippen molar-refractivity contribution in [2.75, 3.05) is 0 Å². The van der Waals surface area contributed by atoms with Crippen molar-refractivity contribution in [1.29, 1.82) is 0 Å². The Hall–Kier alpha value is -1.57. The smallest absolute Gasteiger partial charge is 0.306 e. The van der Waals surface area contributed by atoms with Crippen molar-refractivity contribution in [2.45, 2.75) is 138 Å². The number of rotatable bonds is 18. The Morgan fingerprint density at radius 3 is 1.78 bits per heavy atom. The molecule has 0 radical (unpaired) electrons. The summed E-state index contributed by atoms with van der Waals surface area (Å²) in [6, 6.07) is 0. The molecule has 1 unspecified atom stereocenters. The quantitative estimate of drug-likeness (QED) is 0.119. The van der Waals surface area contributed by atoms with Crippen molar-refractivity contribution in [1.82, 2.24) is 0 Å². The molecule has 0 aromatic carbocycles. The van der Waals surface area contributed by atoms with Crippen LogP contribution < -0.4 is 0 Å². The summed E-state index contributed by atoms with van der Waals surface area (Å²) in [5.74, 6) is -0.0486. The Morgan fingerprint density at radius 2 is 1.22 bits per heavy atom. The van der Waals surface area contributed by atoms with Crippen LogP contribution in [0.25, 0.3) is 0 Å². The number of ether oxygens (including phenoxy) is 1. The van der Waals surface area contributed by atoms with E-state index in [1.807, 2.05) is 0 Å². The lowest BCUT2D eigenvalue weighted by Gasteiger charge is -2.15. The fraction of sp³-hybridized carbons (Fsp3) is 0.700. The molecule has 2 nitrogen and oxygen atoms in total. The Kier molecular flexibility index (Phi) is 19.1. The van der Waals surface area contributed by atoms with Gasteiger partial charge >= 0.3 is 5.97 Å². The molecule has 0 aliphatic carbocycles. The number of allylic oxidation sites excluding steroid dienone is 6. The van der Waals surface area contributed by atoms with Gasteiger partial charge < -0.3 is 4.74 Å². The van der Waals surface area contributed by atoms with E-state index in [0.717, 1.165) is 44.9 Å². The minimum absolute atomic E-state index is 0.0486. The molecule has 1 atom stereocenters. The maximum absolute atomic E-state index is 12.5. The summed E-state index contributed by atoms with van der Waals surface area (Å²) in [6.45, 7) is 15.1. The van der Waals surface area contributed by atoms with E-state index in [0.29, 0.717) is 6.42 Å². The van der Waals surface area contributed by atoms with Crippen LogP contribution in [0.2, 0.25) is 0 Å². The Labute approximate surface area is 200 Å². The lowest BCUT2D eigenvalue weighted by atomic mass is 10.0. The minimum Gasteiger partial charge on any atom is -0.458 e. The molecule has 0 N–H and O–H groups in total. The Morgan fingerprint density at radius 1 is 0.688 bits per heavy atom. The summed E-state index contributed by atoms with van der Waals surface area (Å²) in [5.41, 5.74) is 5.38. The van der Waals surface area contributed by atoms with Crippen LogP contribution in [-0.4, -0.2) is 12.1 Å². The van der Waals surface area contributed by atoms with Crippen LogP contribution in [0.1, 0.15) is 132 Å². The predicted octanol–water partition coefficient (Wildman–Crippen LogP) is 9.81. The lowest BCUT2D eigenvalue weighted by molar-refractivity contribution is -0.146. The van der Waals surface area contributed by atoms with E-state index >= 15 is 0 Å². The SMILES string of the molecule is CCCCCCCCCC(=O)OC(/C=C(\C)CCC=C(C)C)C/C=C(\C)CCC=C(C)C. The third kappa shape index (κ3) is 20.3. The van der Waals surface area contributed by atoms with E-state index in [2.05, 4.69) is 72.8 Å². The molecule has 0 bridgehead atoms. The van der Waals surface area contributed by atoms with E-state index in [9.17, 15) is 4.79 Å². The van der Waals surface area contributed by atoms with Crippen LogP contribution in [0.5, 0.6) is 0 Å². The summed E-state index contributed by atoms with van der Waals surface area (Å²) >= 11 is 0. The first-order valence-electron chi connectivity index (χ1n) is 13.0. The molecule has 0 aromatic heterocycles. The molecule has 0 rings (SSSR count). The zero-order valence-electron chi connectivity index (χ0n) is 22.4. The molecule has 0 saturated heterocycles. The van der Waals surface area contributed by atoms with Gasteiger partial charge in [-0.05, 0) is 79.7 Å². The van der Waals surface area contributed by atoms with E-state index < -0.39 is 0 Å². The monoisotopic (exact) mass is 444 g/mol. The summed E-state index contributed by atoms with van der Waals surface area (Å²) < 4.78 is 5.90. The van der Waals surface area contributed by atoms with Gasteiger partial charge in [-0.15, -0.1) is 0 Å². The second-order valence-corrected chi connectivity index (χ2v) is 9.84. The number of esters is 1. The van der Waals surface area contributed by atoms with Gasteiger partial charge in [0, 0.05) is 12.8 Å². The first kappa shape index (κ1) is 30.4. The standard InChI is InChI=1S/C30H52O2/c1-8-9-10-11-12-13-14-21-30(31)32-29(24-28(7)20-16-18-26(4)5)23-22-27(6)19-15-17-25(2)3/h17-18,22,24,29H,8-16,19-21,23H2,1-7H3/b27-22+,28-24+. The first-order chi connectivity index (χ1) is 15.2. The molecule has 0 fully saturated rings. The fourth-order valence-corrected chi connectivity index (χ4v) is 3.60. The molecule has 2 heteroatoms. The Bertz CT molecular complexity index is 611. The molecule has 0 aromatic rings. The summed E-state index contributed by atoms with van der Waals surface area (Å²) in [4.78, 5) is 12.5. The van der Waals surface area contributed by atoms with Gasteiger partial charge in [-0.1, -0.05) is 86.0 Å². The van der Waals surface area contributed by atoms with E-state index in [-0.39, 0.29) is 12.1 Å². The van der Waals surface area contributed by atoms with Crippen LogP contribution in [-0.2, 0) is 9.53 Å². The Balaban J connectivity index is 4.74. The highest BCUT2D eigenvalue weighted by molar-refractivity contribution is 5.69. The maximum Gasteiger partial charge on any atom is 0.306 e. The van der Waals surface area contributed by atoms with Crippen molar-refractivity contribution < 1.29 is 9.53 Å². The van der Waals surface area contributed by atoms with Gasteiger partial charge in [0.1, 0.15) is 6.10 Å². The first-order valence-corrected chi connectivity index (χ1v) is 13.0. The minimum atomic E-state index is -0.155. The van der Waals surface area contributed by atoms with Gasteiger partial charge in [0.2, 0.25) is 0 Å². The average molecular weight is 445 g/mol. The molecule has 0 heterocycles. The third-order valence-electron chi connectivity index (χ3n) is 5.62. The van der Waals surface area contributed by atoms with Gasteiger partial charge in [0.05, 0.1) is 0 Å².